The molecule has 1 atom stereocenters. The Hall–Kier alpha value is -0.260. The second kappa shape index (κ2) is 10.9. The first-order valence-electron chi connectivity index (χ1n) is 6.13. The molecular weight excluding hydrogens is 238 g/mol. The fourth-order valence-corrected chi connectivity index (χ4v) is 1.99. The molecule has 0 aliphatic heterocycles. The van der Waals surface area contributed by atoms with E-state index in [0.29, 0.717) is 18.9 Å². The van der Waals surface area contributed by atoms with Crippen LogP contribution in [0.4, 0.5) is 0 Å². The van der Waals surface area contributed by atoms with E-state index in [1.54, 1.807) is 11.8 Å². The number of aliphatic hydroxyl groups is 1. The van der Waals surface area contributed by atoms with Crippen LogP contribution in [0.5, 0.6) is 0 Å². The van der Waals surface area contributed by atoms with Crippen molar-refractivity contribution < 1.29 is 14.6 Å². The van der Waals surface area contributed by atoms with E-state index in [1.807, 2.05) is 20.8 Å². The molecule has 2 N–H and O–H groups in total. The van der Waals surface area contributed by atoms with Crippen LogP contribution in [0.25, 0.3) is 0 Å². The van der Waals surface area contributed by atoms with E-state index in [2.05, 4.69) is 5.32 Å². The molecule has 0 aliphatic carbocycles. The second-order valence-electron chi connectivity index (χ2n) is 4.43. The second-order valence-corrected chi connectivity index (χ2v) is 5.46. The van der Waals surface area contributed by atoms with Crippen LogP contribution in [-0.2, 0) is 9.53 Å². The van der Waals surface area contributed by atoms with E-state index in [9.17, 15) is 4.79 Å². The Labute approximate surface area is 108 Å². The summed E-state index contributed by atoms with van der Waals surface area (Å²) in [5, 5.41) is 11.7. The Bertz CT molecular complexity index is 200. The van der Waals surface area contributed by atoms with Crippen LogP contribution < -0.4 is 5.32 Å². The summed E-state index contributed by atoms with van der Waals surface area (Å²) in [4.78, 5) is 11.4. The summed E-state index contributed by atoms with van der Waals surface area (Å²) >= 11 is 1.56. The van der Waals surface area contributed by atoms with Crippen molar-refractivity contribution in [1.82, 2.24) is 5.32 Å². The molecule has 0 saturated carbocycles. The van der Waals surface area contributed by atoms with E-state index in [-0.39, 0.29) is 24.5 Å². The maximum absolute atomic E-state index is 11.4. The quantitative estimate of drug-likeness (QED) is 0.583. The molecular formula is C12H25NO3S. The highest BCUT2D eigenvalue weighted by molar-refractivity contribution is 7.99. The van der Waals surface area contributed by atoms with Crippen LogP contribution in [0.3, 0.4) is 0 Å². The molecule has 0 saturated heterocycles. The first-order chi connectivity index (χ1) is 8.06. The molecule has 0 radical (unpaired) electrons. The Balaban J connectivity index is 3.29. The summed E-state index contributed by atoms with van der Waals surface area (Å²) in [5.41, 5.74) is 0. The van der Waals surface area contributed by atoms with E-state index in [0.717, 1.165) is 12.2 Å². The molecule has 0 aromatic heterocycles. The van der Waals surface area contributed by atoms with Crippen LogP contribution in [0.2, 0.25) is 0 Å². The molecule has 5 heteroatoms. The first-order valence-corrected chi connectivity index (χ1v) is 7.28. The van der Waals surface area contributed by atoms with Gasteiger partial charge in [0.1, 0.15) is 0 Å². The van der Waals surface area contributed by atoms with Crippen molar-refractivity contribution in [3.8, 4) is 0 Å². The summed E-state index contributed by atoms with van der Waals surface area (Å²) < 4.78 is 5.37. The zero-order chi connectivity index (χ0) is 13.1. The molecule has 0 bridgehead atoms. The molecule has 0 spiro atoms. The largest absolute Gasteiger partial charge is 0.396 e. The van der Waals surface area contributed by atoms with Gasteiger partial charge in [-0.15, -0.1) is 0 Å². The van der Waals surface area contributed by atoms with Crippen LogP contribution in [0.1, 0.15) is 27.2 Å². The molecule has 1 unspecified atom stereocenters. The lowest BCUT2D eigenvalue weighted by Gasteiger charge is -2.09. The van der Waals surface area contributed by atoms with Crippen molar-refractivity contribution in [2.45, 2.75) is 33.3 Å². The lowest BCUT2D eigenvalue weighted by molar-refractivity contribution is -0.118. The Morgan fingerprint density at radius 3 is 2.71 bits per heavy atom. The first kappa shape index (κ1) is 16.7. The third-order valence-electron chi connectivity index (χ3n) is 2.04. The fraction of sp³-hybridized carbons (Fsp3) is 0.917. The van der Waals surface area contributed by atoms with Gasteiger partial charge in [-0.1, -0.05) is 6.92 Å². The zero-order valence-electron chi connectivity index (χ0n) is 11.1. The average molecular weight is 263 g/mol. The SMILES string of the molecule is CC(CO)CSCC(=O)NCCCOC(C)C. The van der Waals surface area contributed by atoms with Crippen molar-refractivity contribution >= 4 is 17.7 Å². The fourth-order valence-electron chi connectivity index (χ4n) is 1.08. The Morgan fingerprint density at radius 2 is 2.12 bits per heavy atom. The van der Waals surface area contributed by atoms with Gasteiger partial charge in [0.15, 0.2) is 0 Å². The van der Waals surface area contributed by atoms with Crippen molar-refractivity contribution in [3.63, 3.8) is 0 Å². The van der Waals surface area contributed by atoms with Crippen LogP contribution >= 0.6 is 11.8 Å². The maximum atomic E-state index is 11.4. The van der Waals surface area contributed by atoms with Crippen molar-refractivity contribution in [2.24, 2.45) is 5.92 Å². The highest BCUT2D eigenvalue weighted by Gasteiger charge is 2.04. The summed E-state index contributed by atoms with van der Waals surface area (Å²) in [7, 11) is 0. The highest BCUT2D eigenvalue weighted by atomic mass is 32.2. The molecule has 0 fully saturated rings. The van der Waals surface area contributed by atoms with Gasteiger partial charge in [0, 0.05) is 19.8 Å². The summed E-state index contributed by atoms with van der Waals surface area (Å²) in [6.07, 6.45) is 1.10. The number of carbonyl (C=O) groups excluding carboxylic acids is 1. The highest BCUT2D eigenvalue weighted by Crippen LogP contribution is 2.06. The molecule has 17 heavy (non-hydrogen) atoms. The van der Waals surface area contributed by atoms with E-state index in [4.69, 9.17) is 9.84 Å². The summed E-state index contributed by atoms with van der Waals surface area (Å²) in [6, 6.07) is 0. The zero-order valence-corrected chi connectivity index (χ0v) is 11.9. The maximum Gasteiger partial charge on any atom is 0.229 e. The van der Waals surface area contributed by atoms with Gasteiger partial charge < -0.3 is 15.2 Å². The Kier molecular flexibility index (Phi) is 10.7. The molecule has 4 nitrogen and oxygen atoms in total. The molecule has 0 aliphatic rings. The standard InChI is InChI=1S/C12H25NO3S/c1-10(2)16-6-4-5-13-12(15)9-17-8-11(3)7-14/h10-11,14H,4-9H2,1-3H3,(H,13,15). The van der Waals surface area contributed by atoms with Crippen LogP contribution in [0, 0.1) is 5.92 Å². The van der Waals surface area contributed by atoms with E-state index >= 15 is 0 Å². The number of ether oxygens (including phenoxy) is 1. The van der Waals surface area contributed by atoms with Gasteiger partial charge in [-0.25, -0.2) is 0 Å². The lowest BCUT2D eigenvalue weighted by atomic mass is 10.2. The molecule has 0 rings (SSSR count). The molecule has 0 aromatic rings. The van der Waals surface area contributed by atoms with Crippen LogP contribution in [0.15, 0.2) is 0 Å². The van der Waals surface area contributed by atoms with E-state index in [1.165, 1.54) is 0 Å². The number of carbonyl (C=O) groups is 1. The number of rotatable bonds is 10. The molecule has 1 amide bonds. The lowest BCUT2D eigenvalue weighted by Crippen LogP contribution is -2.27. The smallest absolute Gasteiger partial charge is 0.229 e. The topological polar surface area (TPSA) is 58.6 Å². The number of thioether (sulfide) groups is 1. The van der Waals surface area contributed by atoms with Gasteiger partial charge in [-0.05, 0) is 31.9 Å². The number of hydrogen-bond donors (Lipinski definition) is 2. The van der Waals surface area contributed by atoms with Gasteiger partial charge in [-0.2, -0.15) is 11.8 Å². The monoisotopic (exact) mass is 263 g/mol. The average Bonchev–Trinajstić information content (AvgIpc) is 2.27. The predicted molar refractivity (Wildman–Crippen MR) is 72.3 cm³/mol. The Morgan fingerprint density at radius 1 is 1.41 bits per heavy atom. The molecule has 0 aromatic carbocycles. The van der Waals surface area contributed by atoms with Crippen molar-refractivity contribution in [3.05, 3.63) is 0 Å². The van der Waals surface area contributed by atoms with Crippen molar-refractivity contribution in [1.29, 1.82) is 0 Å². The number of amides is 1. The minimum atomic E-state index is 0.0599. The number of hydrogen-bond acceptors (Lipinski definition) is 4. The van der Waals surface area contributed by atoms with Crippen molar-refractivity contribution in [2.75, 3.05) is 31.3 Å². The summed E-state index contributed by atoms with van der Waals surface area (Å²) in [6.45, 7) is 7.50. The van der Waals surface area contributed by atoms with E-state index < -0.39 is 0 Å². The molecule has 102 valence electrons. The van der Waals surface area contributed by atoms with Gasteiger partial charge >= 0.3 is 0 Å². The third-order valence-corrected chi connectivity index (χ3v) is 3.31. The minimum Gasteiger partial charge on any atom is -0.396 e. The summed E-state index contributed by atoms with van der Waals surface area (Å²) in [5.74, 6) is 1.60. The number of aliphatic hydroxyl groups excluding tert-OH is 1. The normalized spacial score (nSPS) is 12.8. The third kappa shape index (κ3) is 12.0. The van der Waals surface area contributed by atoms with Gasteiger partial charge in [0.2, 0.25) is 5.91 Å². The number of nitrogens with one attached hydrogen (secondary N) is 1. The minimum absolute atomic E-state index is 0.0599. The molecule has 0 heterocycles. The predicted octanol–water partition coefficient (Wildman–Crippen LogP) is 1.28. The van der Waals surface area contributed by atoms with Crippen LogP contribution in [-0.4, -0.2) is 48.4 Å². The van der Waals surface area contributed by atoms with Gasteiger partial charge in [-0.3, -0.25) is 4.79 Å². The van der Waals surface area contributed by atoms with Gasteiger partial charge in [0.25, 0.3) is 0 Å². The van der Waals surface area contributed by atoms with Gasteiger partial charge in [0.05, 0.1) is 11.9 Å².